The second-order valence-corrected chi connectivity index (χ2v) is 10.4. The van der Waals surface area contributed by atoms with E-state index in [9.17, 15) is 4.79 Å². The van der Waals surface area contributed by atoms with Gasteiger partial charge >= 0.3 is 0 Å². The quantitative estimate of drug-likeness (QED) is 0.262. The summed E-state index contributed by atoms with van der Waals surface area (Å²) < 4.78 is 0. The molecule has 1 amide bonds. The highest BCUT2D eigenvalue weighted by molar-refractivity contribution is 6.08. The van der Waals surface area contributed by atoms with Gasteiger partial charge in [0.15, 0.2) is 0 Å². The number of rotatable bonds is 9. The smallest absolute Gasteiger partial charge is 0.256 e. The third kappa shape index (κ3) is 5.06. The minimum Gasteiger partial charge on any atom is -0.356 e. The molecule has 6 rings (SSSR count). The van der Waals surface area contributed by atoms with Crippen molar-refractivity contribution in [3.05, 3.63) is 78.4 Å². The monoisotopic (exact) mass is 519 g/mol. The molecule has 0 radical (unpaired) electrons. The Morgan fingerprint density at radius 3 is 2.46 bits per heavy atom. The number of amidine groups is 1. The molecular weight excluding hydrogens is 486 g/mol. The molecule has 198 valence electrons. The summed E-state index contributed by atoms with van der Waals surface area (Å²) in [4.78, 5) is 20.5. The molecule has 1 fully saturated rings. The highest BCUT2D eigenvalue weighted by Crippen LogP contribution is 2.40. The molecule has 1 spiro atoms. The van der Waals surface area contributed by atoms with Crippen molar-refractivity contribution in [2.24, 2.45) is 4.99 Å². The first-order chi connectivity index (χ1) is 19.1. The molecule has 1 aliphatic heterocycles. The van der Waals surface area contributed by atoms with Crippen LogP contribution in [0.1, 0.15) is 57.4 Å². The average Bonchev–Trinajstić information content (AvgIpc) is 3.72. The lowest BCUT2D eigenvalue weighted by molar-refractivity contribution is -0.131. The lowest BCUT2D eigenvalue weighted by Crippen LogP contribution is -2.40. The predicted molar refractivity (Wildman–Crippen MR) is 153 cm³/mol. The number of H-pyrrole nitrogens is 1. The van der Waals surface area contributed by atoms with Gasteiger partial charge in [0, 0.05) is 23.4 Å². The van der Waals surface area contributed by atoms with E-state index in [-0.39, 0.29) is 5.91 Å². The number of carbonyl (C=O) groups is 1. The summed E-state index contributed by atoms with van der Waals surface area (Å²) in [6, 6.07) is 24.7. The lowest BCUT2D eigenvalue weighted by Gasteiger charge is -2.23. The third-order valence-corrected chi connectivity index (χ3v) is 7.76. The Morgan fingerprint density at radius 1 is 0.949 bits per heavy atom. The summed E-state index contributed by atoms with van der Waals surface area (Å²) in [5.41, 5.74) is 5.49. The summed E-state index contributed by atoms with van der Waals surface area (Å²) in [5, 5.41) is 18.2. The zero-order valence-corrected chi connectivity index (χ0v) is 22.2. The van der Waals surface area contributed by atoms with Gasteiger partial charge in [0.05, 0.1) is 6.54 Å². The fraction of sp³-hybridized carbons (Fsp3) is 0.323. The number of nitrogens with one attached hydrogen (secondary N) is 2. The van der Waals surface area contributed by atoms with E-state index >= 15 is 0 Å². The van der Waals surface area contributed by atoms with E-state index in [0.717, 1.165) is 84.4 Å². The summed E-state index contributed by atoms with van der Waals surface area (Å²) in [5.74, 6) is 1.70. The van der Waals surface area contributed by atoms with Crippen LogP contribution in [0.4, 0.5) is 11.4 Å². The van der Waals surface area contributed by atoms with Gasteiger partial charge in [-0.25, -0.2) is 0 Å². The minimum atomic E-state index is -0.505. The first kappa shape index (κ1) is 25.0. The van der Waals surface area contributed by atoms with Crippen molar-refractivity contribution in [1.29, 1.82) is 0 Å². The summed E-state index contributed by atoms with van der Waals surface area (Å²) in [7, 11) is 0. The number of hydrogen-bond donors (Lipinski definition) is 2. The summed E-state index contributed by atoms with van der Waals surface area (Å²) in [6.07, 6.45) is 6.91. The Labute approximate surface area is 228 Å². The number of aromatic nitrogens is 4. The van der Waals surface area contributed by atoms with Crippen LogP contribution in [0, 0.1) is 0 Å². The molecule has 0 unspecified atom stereocenters. The van der Waals surface area contributed by atoms with E-state index in [2.05, 4.69) is 63.2 Å². The Hall–Kier alpha value is -4.33. The van der Waals surface area contributed by atoms with Crippen LogP contribution in [0.15, 0.2) is 77.8 Å². The van der Waals surface area contributed by atoms with Crippen LogP contribution in [0.25, 0.3) is 22.5 Å². The molecule has 1 saturated carbocycles. The zero-order chi connectivity index (χ0) is 26.7. The molecule has 0 saturated heterocycles. The molecule has 3 aromatic carbocycles. The summed E-state index contributed by atoms with van der Waals surface area (Å²) >= 11 is 0. The van der Waals surface area contributed by atoms with Crippen LogP contribution >= 0.6 is 0 Å². The standard InChI is InChI=1S/C31H33N7O/c1-2-3-11-28-33-31(18-7-8-19-31)30(39)38(28)21-22-12-14-23(15-13-22)27-20-25(32-24-9-5-4-6-10-24)16-17-26(27)29-34-36-37-35-29/h4-6,9-10,12-17,20,32H,2-3,7-8,11,18-19,21H2,1H3,(H,34,35,36,37). The minimum absolute atomic E-state index is 0.189. The number of anilines is 2. The van der Waals surface area contributed by atoms with E-state index in [1.165, 1.54) is 0 Å². The van der Waals surface area contributed by atoms with Gasteiger partial charge in [-0.2, -0.15) is 5.21 Å². The largest absolute Gasteiger partial charge is 0.356 e. The number of carbonyl (C=O) groups excluding carboxylic acids is 1. The molecule has 2 heterocycles. The molecular formula is C31H33N7O. The zero-order valence-electron chi connectivity index (χ0n) is 22.2. The average molecular weight is 520 g/mol. The fourth-order valence-electron chi connectivity index (χ4n) is 5.69. The number of unbranched alkanes of at least 4 members (excludes halogenated alkanes) is 1. The van der Waals surface area contributed by atoms with E-state index in [1.54, 1.807) is 0 Å². The molecule has 0 bridgehead atoms. The van der Waals surface area contributed by atoms with E-state index in [0.29, 0.717) is 12.4 Å². The van der Waals surface area contributed by atoms with E-state index in [4.69, 9.17) is 4.99 Å². The van der Waals surface area contributed by atoms with Crippen molar-refractivity contribution in [3.63, 3.8) is 0 Å². The number of aromatic amines is 1. The second-order valence-electron chi connectivity index (χ2n) is 10.4. The van der Waals surface area contributed by atoms with Crippen LogP contribution in [0.3, 0.4) is 0 Å². The number of aliphatic imine (C=N–C) groups is 1. The molecule has 8 nitrogen and oxygen atoms in total. The maximum absolute atomic E-state index is 13.5. The Kier molecular flexibility index (Phi) is 6.92. The molecule has 39 heavy (non-hydrogen) atoms. The van der Waals surface area contributed by atoms with Crippen LogP contribution in [-0.4, -0.2) is 42.8 Å². The number of benzene rings is 3. The van der Waals surface area contributed by atoms with Crippen LogP contribution in [-0.2, 0) is 11.3 Å². The van der Waals surface area contributed by atoms with Crippen LogP contribution in [0.5, 0.6) is 0 Å². The van der Waals surface area contributed by atoms with Crippen molar-refractivity contribution >= 4 is 23.1 Å². The number of tetrazole rings is 1. The van der Waals surface area contributed by atoms with Gasteiger partial charge in [-0.1, -0.05) is 68.7 Å². The molecule has 1 aliphatic carbocycles. The number of hydrogen-bond acceptors (Lipinski definition) is 6. The molecule has 2 aliphatic rings. The maximum Gasteiger partial charge on any atom is 0.256 e. The van der Waals surface area contributed by atoms with Gasteiger partial charge in [0.1, 0.15) is 11.4 Å². The first-order valence-corrected chi connectivity index (χ1v) is 13.9. The highest BCUT2D eigenvalue weighted by Gasteiger charge is 2.49. The van der Waals surface area contributed by atoms with Gasteiger partial charge in [0.25, 0.3) is 5.91 Å². The topological polar surface area (TPSA) is 99.2 Å². The second kappa shape index (κ2) is 10.8. The van der Waals surface area contributed by atoms with Crippen molar-refractivity contribution in [3.8, 4) is 22.5 Å². The van der Waals surface area contributed by atoms with Crippen LogP contribution in [0.2, 0.25) is 0 Å². The van der Waals surface area contributed by atoms with Gasteiger partial charge < -0.3 is 5.32 Å². The Balaban J connectivity index is 1.28. The summed E-state index contributed by atoms with van der Waals surface area (Å²) in [6.45, 7) is 2.73. The molecule has 2 N–H and O–H groups in total. The molecule has 0 atom stereocenters. The molecule has 1 aromatic heterocycles. The Bertz CT molecular complexity index is 1460. The molecule has 8 heteroatoms. The van der Waals surface area contributed by atoms with Crippen molar-refractivity contribution in [2.75, 3.05) is 5.32 Å². The van der Waals surface area contributed by atoms with Gasteiger partial charge in [0.2, 0.25) is 5.82 Å². The van der Waals surface area contributed by atoms with Gasteiger partial charge in [-0.05, 0) is 71.5 Å². The van der Waals surface area contributed by atoms with E-state index in [1.807, 2.05) is 47.4 Å². The van der Waals surface area contributed by atoms with Crippen LogP contribution < -0.4 is 5.32 Å². The predicted octanol–water partition coefficient (Wildman–Crippen LogP) is 6.52. The van der Waals surface area contributed by atoms with Crippen molar-refractivity contribution < 1.29 is 4.79 Å². The number of para-hydroxylation sites is 1. The maximum atomic E-state index is 13.5. The molecule has 4 aromatic rings. The van der Waals surface area contributed by atoms with Crippen molar-refractivity contribution in [2.45, 2.75) is 64.0 Å². The highest BCUT2D eigenvalue weighted by atomic mass is 16.2. The van der Waals surface area contributed by atoms with Gasteiger partial charge in [-0.15, -0.1) is 10.2 Å². The fourth-order valence-corrected chi connectivity index (χ4v) is 5.69. The SMILES string of the molecule is CCCCC1=NC2(CCCC2)C(=O)N1Cc1ccc(-c2cc(Nc3ccccc3)ccc2-c2nn[nH]n2)cc1. The Morgan fingerprint density at radius 2 is 1.74 bits per heavy atom. The van der Waals surface area contributed by atoms with Gasteiger partial charge in [-0.3, -0.25) is 14.7 Å². The first-order valence-electron chi connectivity index (χ1n) is 13.9. The normalized spacial score (nSPS) is 16.2. The van der Waals surface area contributed by atoms with E-state index < -0.39 is 5.54 Å². The lowest BCUT2D eigenvalue weighted by atomic mass is 9.96. The third-order valence-electron chi connectivity index (χ3n) is 7.76. The van der Waals surface area contributed by atoms with Crippen molar-refractivity contribution in [1.82, 2.24) is 25.5 Å². The number of nitrogens with zero attached hydrogens (tertiary/aromatic N) is 5. The number of amides is 1.